The molecule has 2 aromatic carbocycles. The summed E-state index contributed by atoms with van der Waals surface area (Å²) in [4.78, 5) is 36.8. The fourth-order valence-electron chi connectivity index (χ4n) is 3.56. The lowest BCUT2D eigenvalue weighted by atomic mass is 9.94. The maximum absolute atomic E-state index is 13.3. The van der Waals surface area contributed by atoms with E-state index in [9.17, 15) is 14.4 Å². The van der Waals surface area contributed by atoms with E-state index in [-0.39, 0.29) is 12.5 Å². The Balaban J connectivity index is 2.00. The van der Waals surface area contributed by atoms with Crippen molar-refractivity contribution < 1.29 is 23.9 Å². The molecule has 1 aliphatic rings. The molecule has 5 N–H and O–H groups in total. The first-order valence-corrected chi connectivity index (χ1v) is 11.7. The SMILES string of the molecule is CCOc1cc([C@@H]2NC(=O)NC(C)=C2C(=O)Nc2ccc(C)c(C)c2)cc(I)c1OCC(N)=O. The van der Waals surface area contributed by atoms with Crippen molar-refractivity contribution in [3.05, 3.63) is 61.9 Å². The third kappa shape index (κ3) is 5.79. The molecule has 0 saturated carbocycles. The van der Waals surface area contributed by atoms with Crippen molar-refractivity contribution in [2.75, 3.05) is 18.5 Å². The first-order chi connectivity index (χ1) is 16.1. The van der Waals surface area contributed by atoms with Gasteiger partial charge in [-0.25, -0.2) is 4.79 Å². The number of ether oxygens (including phenoxy) is 2. The molecular weight excluding hydrogens is 551 g/mol. The number of hydrogen-bond donors (Lipinski definition) is 4. The number of allylic oxidation sites excluding steroid dienone is 1. The molecule has 0 aromatic heterocycles. The average molecular weight is 578 g/mol. The van der Waals surface area contributed by atoms with Gasteiger partial charge >= 0.3 is 6.03 Å². The van der Waals surface area contributed by atoms with Crippen LogP contribution in [-0.4, -0.2) is 31.1 Å². The van der Waals surface area contributed by atoms with Gasteiger partial charge in [0.05, 0.1) is 21.8 Å². The second-order valence-electron chi connectivity index (χ2n) is 7.84. The Bertz CT molecular complexity index is 1180. The lowest BCUT2D eigenvalue weighted by Gasteiger charge is -2.29. The molecule has 2 aromatic rings. The molecule has 0 aliphatic carbocycles. The third-order valence-electron chi connectivity index (χ3n) is 5.30. The van der Waals surface area contributed by atoms with Gasteiger partial charge in [-0.15, -0.1) is 0 Å². The maximum atomic E-state index is 13.3. The van der Waals surface area contributed by atoms with Gasteiger partial charge in [0.25, 0.3) is 11.8 Å². The summed E-state index contributed by atoms with van der Waals surface area (Å²) >= 11 is 2.05. The van der Waals surface area contributed by atoms with E-state index in [4.69, 9.17) is 15.2 Å². The van der Waals surface area contributed by atoms with Gasteiger partial charge < -0.3 is 31.2 Å². The molecule has 0 bridgehead atoms. The Morgan fingerprint density at radius 2 is 1.85 bits per heavy atom. The molecule has 0 fully saturated rings. The summed E-state index contributed by atoms with van der Waals surface area (Å²) in [6, 6.07) is 7.97. The topological polar surface area (TPSA) is 132 Å². The van der Waals surface area contributed by atoms with E-state index in [0.717, 1.165) is 11.1 Å². The number of nitrogens with two attached hydrogens (primary N) is 1. The van der Waals surface area contributed by atoms with E-state index in [2.05, 4.69) is 38.5 Å². The highest BCUT2D eigenvalue weighted by Gasteiger charge is 2.32. The van der Waals surface area contributed by atoms with Gasteiger partial charge in [-0.3, -0.25) is 9.59 Å². The number of anilines is 1. The lowest BCUT2D eigenvalue weighted by molar-refractivity contribution is -0.120. The van der Waals surface area contributed by atoms with Crippen molar-refractivity contribution >= 4 is 46.1 Å². The number of urea groups is 1. The quantitative estimate of drug-likeness (QED) is 0.357. The van der Waals surface area contributed by atoms with E-state index < -0.39 is 18.0 Å². The highest BCUT2D eigenvalue weighted by atomic mass is 127. The molecule has 0 radical (unpaired) electrons. The number of amides is 4. The number of aryl methyl sites for hydroxylation is 2. The first-order valence-electron chi connectivity index (χ1n) is 10.6. The Morgan fingerprint density at radius 1 is 1.12 bits per heavy atom. The highest BCUT2D eigenvalue weighted by molar-refractivity contribution is 14.1. The predicted octanol–water partition coefficient (Wildman–Crippen LogP) is 3.44. The van der Waals surface area contributed by atoms with Gasteiger partial charge in [0, 0.05) is 11.4 Å². The van der Waals surface area contributed by atoms with Crippen LogP contribution in [0.15, 0.2) is 41.6 Å². The van der Waals surface area contributed by atoms with E-state index in [1.165, 1.54) is 0 Å². The highest BCUT2D eigenvalue weighted by Crippen LogP contribution is 2.38. The van der Waals surface area contributed by atoms with Crippen LogP contribution >= 0.6 is 22.6 Å². The molecule has 0 spiro atoms. The van der Waals surface area contributed by atoms with Crippen molar-refractivity contribution in [1.29, 1.82) is 0 Å². The standard InChI is InChI=1S/C24H27IN4O5/c1-5-33-18-10-15(9-17(25)22(18)34-11-19(26)30)21-20(14(4)27-24(32)29-21)23(31)28-16-7-6-12(2)13(3)8-16/h6-10,21H,5,11H2,1-4H3,(H2,26,30)(H,28,31)(H2,27,29,32)/t21-/m0/s1. The van der Waals surface area contributed by atoms with Gasteiger partial charge in [-0.05, 0) is 91.2 Å². The van der Waals surface area contributed by atoms with Gasteiger partial charge in [-0.2, -0.15) is 0 Å². The Kier molecular flexibility index (Phi) is 8.02. The fraction of sp³-hybridized carbons (Fsp3) is 0.292. The summed E-state index contributed by atoms with van der Waals surface area (Å²) in [5.74, 6) is -0.214. The summed E-state index contributed by atoms with van der Waals surface area (Å²) in [6.45, 7) is 7.51. The van der Waals surface area contributed by atoms with Crippen LogP contribution in [0.3, 0.4) is 0 Å². The molecule has 34 heavy (non-hydrogen) atoms. The van der Waals surface area contributed by atoms with Crippen LogP contribution in [0.5, 0.6) is 11.5 Å². The van der Waals surface area contributed by atoms with Crippen LogP contribution in [0, 0.1) is 17.4 Å². The number of hydrogen-bond acceptors (Lipinski definition) is 5. The predicted molar refractivity (Wildman–Crippen MR) is 137 cm³/mol. The smallest absolute Gasteiger partial charge is 0.319 e. The molecule has 180 valence electrons. The van der Waals surface area contributed by atoms with Crippen molar-refractivity contribution in [2.24, 2.45) is 5.73 Å². The Labute approximate surface area is 211 Å². The first kappa shape index (κ1) is 25.3. The summed E-state index contributed by atoms with van der Waals surface area (Å²) < 4.78 is 11.9. The van der Waals surface area contributed by atoms with E-state index in [0.29, 0.717) is 44.2 Å². The van der Waals surface area contributed by atoms with Crippen LogP contribution < -0.4 is 31.2 Å². The summed E-state index contributed by atoms with van der Waals surface area (Å²) in [6.07, 6.45) is 0. The van der Waals surface area contributed by atoms with Gasteiger partial charge in [0.2, 0.25) is 0 Å². The van der Waals surface area contributed by atoms with Gasteiger partial charge in [0.15, 0.2) is 18.1 Å². The van der Waals surface area contributed by atoms with Crippen molar-refractivity contribution in [2.45, 2.75) is 33.7 Å². The maximum Gasteiger partial charge on any atom is 0.319 e. The molecule has 1 atom stereocenters. The minimum absolute atomic E-state index is 0.303. The minimum atomic E-state index is -0.738. The van der Waals surface area contributed by atoms with E-state index in [1.807, 2.05) is 39.0 Å². The zero-order valence-corrected chi connectivity index (χ0v) is 21.5. The minimum Gasteiger partial charge on any atom is -0.490 e. The normalized spacial score (nSPS) is 15.3. The molecule has 3 rings (SSSR count). The third-order valence-corrected chi connectivity index (χ3v) is 6.10. The van der Waals surface area contributed by atoms with Crippen LogP contribution in [-0.2, 0) is 9.59 Å². The largest absolute Gasteiger partial charge is 0.490 e. The van der Waals surface area contributed by atoms with E-state index in [1.54, 1.807) is 19.1 Å². The molecule has 9 nitrogen and oxygen atoms in total. The molecule has 4 amide bonds. The monoisotopic (exact) mass is 578 g/mol. The molecule has 10 heteroatoms. The molecule has 1 aliphatic heterocycles. The van der Waals surface area contributed by atoms with E-state index >= 15 is 0 Å². The number of carbonyl (C=O) groups excluding carboxylic acids is 3. The number of benzene rings is 2. The number of halogens is 1. The molecular formula is C24H27IN4O5. The van der Waals surface area contributed by atoms with Gasteiger partial charge in [-0.1, -0.05) is 6.07 Å². The summed E-state index contributed by atoms with van der Waals surface area (Å²) in [7, 11) is 0. The van der Waals surface area contributed by atoms with Crippen LogP contribution in [0.2, 0.25) is 0 Å². The number of primary amides is 1. The number of rotatable bonds is 8. The van der Waals surface area contributed by atoms with Crippen molar-refractivity contribution in [3.63, 3.8) is 0 Å². The van der Waals surface area contributed by atoms with Crippen molar-refractivity contribution in [1.82, 2.24) is 10.6 Å². The average Bonchev–Trinajstić information content (AvgIpc) is 2.75. The molecule has 0 saturated heterocycles. The lowest BCUT2D eigenvalue weighted by Crippen LogP contribution is -2.46. The Hall–Kier alpha value is -3.28. The fourth-order valence-corrected chi connectivity index (χ4v) is 4.34. The second-order valence-corrected chi connectivity index (χ2v) is 9.00. The zero-order valence-electron chi connectivity index (χ0n) is 19.4. The number of carbonyl (C=O) groups is 3. The molecule has 0 unspecified atom stereocenters. The van der Waals surface area contributed by atoms with Crippen molar-refractivity contribution in [3.8, 4) is 11.5 Å². The van der Waals surface area contributed by atoms with Crippen LogP contribution in [0.4, 0.5) is 10.5 Å². The second kappa shape index (κ2) is 10.8. The number of nitrogens with one attached hydrogen (secondary N) is 3. The summed E-state index contributed by atoms with van der Waals surface area (Å²) in [5.41, 5.74) is 9.47. The van der Waals surface area contributed by atoms with Gasteiger partial charge in [0.1, 0.15) is 0 Å². The molecule has 1 heterocycles. The van der Waals surface area contributed by atoms with Crippen LogP contribution in [0.25, 0.3) is 0 Å². The zero-order chi connectivity index (χ0) is 25.0. The summed E-state index contributed by atoms with van der Waals surface area (Å²) in [5, 5.41) is 8.42. The van der Waals surface area contributed by atoms with Crippen LogP contribution in [0.1, 0.15) is 36.6 Å². The Morgan fingerprint density at radius 3 is 2.50 bits per heavy atom.